The third kappa shape index (κ3) is 4.60. The van der Waals surface area contributed by atoms with Gasteiger partial charge in [0.1, 0.15) is 5.75 Å². The lowest BCUT2D eigenvalue weighted by molar-refractivity contribution is 0.203. The number of hydrogen-bond donors (Lipinski definition) is 1. The van der Waals surface area contributed by atoms with Gasteiger partial charge in [-0.05, 0) is 44.0 Å². The number of amides is 2. The lowest BCUT2D eigenvalue weighted by Gasteiger charge is -2.35. The van der Waals surface area contributed by atoms with Gasteiger partial charge in [0.05, 0.1) is 25.3 Å². The monoisotopic (exact) mass is 480 g/mol. The molecule has 2 heterocycles. The predicted molar refractivity (Wildman–Crippen MR) is 138 cm³/mol. The predicted octanol–water partition coefficient (Wildman–Crippen LogP) is 6.06. The van der Waals surface area contributed by atoms with Gasteiger partial charge in [0.25, 0.3) is 5.89 Å². The molecular weight excluding hydrogens is 452 g/mol. The van der Waals surface area contributed by atoms with Crippen LogP contribution >= 0.6 is 0 Å². The molecular formula is C29H28N4O3. The first-order chi connectivity index (χ1) is 17.4. The molecule has 2 amide bonds. The molecule has 0 spiro atoms. The van der Waals surface area contributed by atoms with Crippen molar-refractivity contribution in [2.45, 2.75) is 33.4 Å². The van der Waals surface area contributed by atoms with E-state index in [1.807, 2.05) is 93.6 Å². The van der Waals surface area contributed by atoms with E-state index in [1.54, 1.807) is 12.0 Å². The largest absolute Gasteiger partial charge is 0.497 e. The first-order valence-electron chi connectivity index (χ1n) is 11.8. The van der Waals surface area contributed by atoms with Crippen molar-refractivity contribution in [2.24, 2.45) is 0 Å². The highest BCUT2D eigenvalue weighted by Gasteiger charge is 2.35. The molecule has 1 unspecified atom stereocenters. The molecule has 1 atom stereocenters. The van der Waals surface area contributed by atoms with Crippen LogP contribution in [-0.2, 0) is 6.54 Å². The van der Waals surface area contributed by atoms with Crippen LogP contribution in [0.25, 0.3) is 17.0 Å². The molecule has 0 fully saturated rings. The maximum atomic E-state index is 13.3. The van der Waals surface area contributed by atoms with Crippen LogP contribution in [0.3, 0.4) is 0 Å². The fourth-order valence-corrected chi connectivity index (χ4v) is 4.32. The van der Waals surface area contributed by atoms with Gasteiger partial charge in [-0.3, -0.25) is 4.90 Å². The van der Waals surface area contributed by atoms with Crippen LogP contribution in [0.5, 0.6) is 5.75 Å². The number of hydrogen-bond acceptors (Lipinski definition) is 5. The minimum atomic E-state index is -0.455. The molecule has 0 bridgehead atoms. The van der Waals surface area contributed by atoms with E-state index in [9.17, 15) is 4.79 Å². The Morgan fingerprint density at radius 3 is 2.19 bits per heavy atom. The number of rotatable bonds is 6. The third-order valence-electron chi connectivity index (χ3n) is 6.47. The van der Waals surface area contributed by atoms with E-state index in [1.165, 1.54) is 5.56 Å². The highest BCUT2D eigenvalue weighted by molar-refractivity contribution is 5.87. The molecule has 1 aromatic heterocycles. The fraction of sp³-hybridized carbons (Fsp3) is 0.207. The van der Waals surface area contributed by atoms with Crippen LogP contribution < -0.4 is 10.1 Å². The molecule has 0 saturated heterocycles. The normalized spacial score (nSPS) is 15.7. The quantitative estimate of drug-likeness (QED) is 0.363. The number of carbonyl (C=O) groups excluding carboxylic acids is 1. The third-order valence-corrected chi connectivity index (χ3v) is 6.47. The number of aryl methyl sites for hydroxylation is 2. The van der Waals surface area contributed by atoms with E-state index in [0.717, 1.165) is 39.3 Å². The summed E-state index contributed by atoms with van der Waals surface area (Å²) in [5.74, 6) is 1.61. The molecule has 36 heavy (non-hydrogen) atoms. The summed E-state index contributed by atoms with van der Waals surface area (Å²) in [6, 6.07) is 23.1. The molecule has 3 aromatic carbocycles. The molecule has 4 aromatic rings. The molecule has 1 N–H and O–H groups in total. The summed E-state index contributed by atoms with van der Waals surface area (Å²) in [5.41, 5.74) is 6.64. The molecule has 0 saturated carbocycles. The molecule has 7 heteroatoms. The molecule has 0 radical (unpaired) electrons. The maximum Gasteiger partial charge on any atom is 0.322 e. The Labute approximate surface area is 210 Å². The number of methoxy groups -OCH3 is 1. The van der Waals surface area contributed by atoms with E-state index in [-0.39, 0.29) is 6.03 Å². The van der Waals surface area contributed by atoms with E-state index in [2.05, 4.69) is 10.5 Å². The highest BCUT2D eigenvalue weighted by atomic mass is 16.5. The topological polar surface area (TPSA) is 80.5 Å². The van der Waals surface area contributed by atoms with Crippen LogP contribution in [0.15, 0.2) is 83.0 Å². The molecule has 7 nitrogen and oxygen atoms in total. The number of aromatic nitrogens is 2. The number of benzene rings is 3. The Bertz CT molecular complexity index is 1400. The molecule has 182 valence electrons. The van der Waals surface area contributed by atoms with Crippen LogP contribution in [0, 0.1) is 13.8 Å². The SMILES string of the molecule is COc1ccc(C2NC(=O)N(Cc3ccc(C)cc3)C(C)=C2c2nc(-c3ccc(C)cc3)no2)cc1. The molecule has 1 aliphatic heterocycles. The minimum absolute atomic E-state index is 0.184. The summed E-state index contributed by atoms with van der Waals surface area (Å²) >= 11 is 0. The van der Waals surface area contributed by atoms with Crippen molar-refractivity contribution in [3.05, 3.63) is 107 Å². The van der Waals surface area contributed by atoms with Gasteiger partial charge in [-0.1, -0.05) is 76.9 Å². The molecule has 0 aliphatic carbocycles. The van der Waals surface area contributed by atoms with Gasteiger partial charge in [0.15, 0.2) is 0 Å². The number of carbonyl (C=O) groups is 1. The van der Waals surface area contributed by atoms with Crippen LogP contribution in [-0.4, -0.2) is 28.2 Å². The van der Waals surface area contributed by atoms with Gasteiger partial charge in [0.2, 0.25) is 5.82 Å². The Morgan fingerprint density at radius 1 is 0.917 bits per heavy atom. The number of nitrogens with one attached hydrogen (secondary N) is 1. The van der Waals surface area contributed by atoms with E-state index < -0.39 is 6.04 Å². The van der Waals surface area contributed by atoms with Crippen LogP contribution in [0.1, 0.15) is 41.1 Å². The zero-order valence-corrected chi connectivity index (χ0v) is 20.8. The average molecular weight is 481 g/mol. The van der Waals surface area contributed by atoms with Crippen molar-refractivity contribution in [3.8, 4) is 17.1 Å². The van der Waals surface area contributed by atoms with E-state index in [4.69, 9.17) is 14.2 Å². The summed E-state index contributed by atoms with van der Waals surface area (Å²) in [7, 11) is 1.63. The van der Waals surface area contributed by atoms with Gasteiger partial charge in [-0.15, -0.1) is 0 Å². The molecule has 1 aliphatic rings. The number of urea groups is 1. The number of allylic oxidation sites excluding steroid dienone is 1. The van der Waals surface area contributed by atoms with Gasteiger partial charge in [-0.2, -0.15) is 4.98 Å². The second-order valence-corrected chi connectivity index (χ2v) is 9.02. The van der Waals surface area contributed by atoms with Gasteiger partial charge in [0, 0.05) is 11.3 Å². The second-order valence-electron chi connectivity index (χ2n) is 9.02. The van der Waals surface area contributed by atoms with Crippen LogP contribution in [0.4, 0.5) is 4.79 Å². The van der Waals surface area contributed by atoms with Crippen molar-refractivity contribution in [1.29, 1.82) is 0 Å². The van der Waals surface area contributed by atoms with Crippen molar-refractivity contribution in [2.75, 3.05) is 7.11 Å². The Morgan fingerprint density at radius 2 is 1.56 bits per heavy atom. The van der Waals surface area contributed by atoms with E-state index >= 15 is 0 Å². The Hall–Kier alpha value is -4.39. The maximum absolute atomic E-state index is 13.3. The summed E-state index contributed by atoms with van der Waals surface area (Å²) in [5, 5.41) is 7.40. The van der Waals surface area contributed by atoms with Gasteiger partial charge in [-0.25, -0.2) is 4.79 Å². The van der Waals surface area contributed by atoms with Crippen molar-refractivity contribution < 1.29 is 14.1 Å². The summed E-state index contributed by atoms with van der Waals surface area (Å²) < 4.78 is 11.1. The summed E-state index contributed by atoms with van der Waals surface area (Å²) in [6.07, 6.45) is 0. The molecule has 5 rings (SSSR count). The van der Waals surface area contributed by atoms with Gasteiger partial charge >= 0.3 is 6.03 Å². The summed E-state index contributed by atoms with van der Waals surface area (Å²) in [4.78, 5) is 19.8. The number of nitrogens with zero attached hydrogens (tertiary/aromatic N) is 3. The smallest absolute Gasteiger partial charge is 0.322 e. The Balaban J connectivity index is 1.58. The van der Waals surface area contributed by atoms with Crippen molar-refractivity contribution in [3.63, 3.8) is 0 Å². The van der Waals surface area contributed by atoms with Crippen molar-refractivity contribution >= 4 is 11.6 Å². The van der Waals surface area contributed by atoms with Crippen LogP contribution in [0.2, 0.25) is 0 Å². The summed E-state index contributed by atoms with van der Waals surface area (Å²) in [6.45, 7) is 6.43. The first kappa shape index (κ1) is 23.4. The fourth-order valence-electron chi connectivity index (χ4n) is 4.32. The van der Waals surface area contributed by atoms with Crippen molar-refractivity contribution in [1.82, 2.24) is 20.4 Å². The zero-order chi connectivity index (χ0) is 25.2. The zero-order valence-electron chi connectivity index (χ0n) is 20.8. The first-order valence-corrected chi connectivity index (χ1v) is 11.8. The van der Waals surface area contributed by atoms with Gasteiger partial charge < -0.3 is 14.6 Å². The highest BCUT2D eigenvalue weighted by Crippen LogP contribution is 2.38. The Kier molecular flexibility index (Phi) is 6.29. The van der Waals surface area contributed by atoms with E-state index in [0.29, 0.717) is 18.3 Å². The standard InChI is InChI=1S/C29H28N4O3/c1-18-5-9-21(10-6-18)17-33-20(3)25(26(30-29(33)34)22-13-15-24(35-4)16-14-22)28-31-27(32-36-28)23-11-7-19(2)8-12-23/h5-16,26H,17H2,1-4H3,(H,30,34). The second kappa shape index (κ2) is 9.70. The average Bonchev–Trinajstić information content (AvgIpc) is 3.37. The lowest BCUT2D eigenvalue weighted by Crippen LogP contribution is -2.45. The lowest BCUT2D eigenvalue weighted by atomic mass is 9.94. The number of ether oxygens (including phenoxy) is 1. The minimum Gasteiger partial charge on any atom is -0.497 e.